The van der Waals surface area contributed by atoms with Crippen LogP contribution in [-0.2, 0) is 10.9 Å². The first kappa shape index (κ1) is 21.7. The van der Waals surface area contributed by atoms with E-state index in [4.69, 9.17) is 27.9 Å². The number of ether oxygens (including phenoxy) is 1. The molecule has 2 aromatic carbocycles. The molecule has 1 saturated heterocycles. The summed E-state index contributed by atoms with van der Waals surface area (Å²) in [5, 5.41) is 6.12. The van der Waals surface area contributed by atoms with Gasteiger partial charge in [-0.15, -0.1) is 0 Å². The van der Waals surface area contributed by atoms with E-state index in [0.29, 0.717) is 30.5 Å². The lowest BCUT2D eigenvalue weighted by molar-refractivity contribution is -0.137. The lowest BCUT2D eigenvalue weighted by atomic mass is 10.00. The highest BCUT2D eigenvalue weighted by molar-refractivity contribution is 6.36. The topological polar surface area (TPSA) is 50.4 Å². The Kier molecular flexibility index (Phi) is 6.93. The fourth-order valence-corrected chi connectivity index (χ4v) is 3.54. The number of hydrogen-bond acceptors (Lipinski definition) is 3. The minimum absolute atomic E-state index is 0.155. The van der Waals surface area contributed by atoms with E-state index >= 15 is 0 Å². The highest BCUT2D eigenvalue weighted by Crippen LogP contribution is 2.35. The van der Waals surface area contributed by atoms with Crippen molar-refractivity contribution in [2.24, 2.45) is 5.92 Å². The Morgan fingerprint density at radius 3 is 2.48 bits per heavy atom. The van der Waals surface area contributed by atoms with Gasteiger partial charge >= 0.3 is 6.18 Å². The lowest BCUT2D eigenvalue weighted by Crippen LogP contribution is -2.33. The number of alkyl halides is 3. The van der Waals surface area contributed by atoms with Gasteiger partial charge in [0.25, 0.3) is 5.91 Å². The molecule has 2 aromatic rings. The molecular weight excluding hydrogens is 428 g/mol. The van der Waals surface area contributed by atoms with Crippen LogP contribution in [0.2, 0.25) is 10.0 Å². The molecule has 0 atom stereocenters. The van der Waals surface area contributed by atoms with Crippen LogP contribution in [0.4, 0.5) is 24.5 Å². The van der Waals surface area contributed by atoms with Gasteiger partial charge in [0.1, 0.15) is 0 Å². The number of hydrogen-bond donors (Lipinski definition) is 2. The van der Waals surface area contributed by atoms with Gasteiger partial charge in [-0.3, -0.25) is 4.79 Å². The average molecular weight is 447 g/mol. The maximum atomic E-state index is 13.6. The van der Waals surface area contributed by atoms with Crippen molar-refractivity contribution in [2.45, 2.75) is 19.0 Å². The van der Waals surface area contributed by atoms with E-state index in [0.717, 1.165) is 25.0 Å². The average Bonchev–Trinajstić information content (AvgIpc) is 2.68. The van der Waals surface area contributed by atoms with Crippen LogP contribution in [0.5, 0.6) is 0 Å². The van der Waals surface area contributed by atoms with E-state index in [1.165, 1.54) is 12.1 Å². The van der Waals surface area contributed by atoms with Crippen LogP contribution in [0.3, 0.4) is 0 Å². The third-order valence-corrected chi connectivity index (χ3v) is 5.22. The van der Waals surface area contributed by atoms with E-state index in [-0.39, 0.29) is 16.6 Å². The second-order valence-corrected chi connectivity index (χ2v) is 7.62. The molecule has 1 aliphatic heterocycles. The smallest absolute Gasteiger partial charge is 0.381 e. The summed E-state index contributed by atoms with van der Waals surface area (Å²) in [5.41, 5.74) is -0.877. The molecule has 1 aliphatic rings. The van der Waals surface area contributed by atoms with Crippen LogP contribution < -0.4 is 10.6 Å². The zero-order valence-electron chi connectivity index (χ0n) is 15.3. The highest BCUT2D eigenvalue weighted by atomic mass is 35.5. The predicted molar refractivity (Wildman–Crippen MR) is 107 cm³/mol. The van der Waals surface area contributed by atoms with Crippen LogP contribution in [0.25, 0.3) is 0 Å². The van der Waals surface area contributed by atoms with Crippen LogP contribution >= 0.6 is 23.2 Å². The number of amides is 1. The molecule has 3 rings (SSSR count). The van der Waals surface area contributed by atoms with Gasteiger partial charge in [-0.2, -0.15) is 13.2 Å². The van der Waals surface area contributed by atoms with E-state index in [2.05, 4.69) is 10.6 Å². The third-order valence-electron chi connectivity index (χ3n) is 4.67. The largest absolute Gasteiger partial charge is 0.417 e. The fourth-order valence-electron chi connectivity index (χ4n) is 3.08. The number of rotatable bonds is 5. The molecule has 1 amide bonds. The number of carbonyl (C=O) groups is 1. The van der Waals surface area contributed by atoms with Crippen molar-refractivity contribution in [3.63, 3.8) is 0 Å². The van der Waals surface area contributed by atoms with Gasteiger partial charge in [0.05, 0.1) is 21.8 Å². The Morgan fingerprint density at radius 2 is 1.83 bits per heavy atom. The van der Waals surface area contributed by atoms with Crippen LogP contribution in [-0.4, -0.2) is 25.7 Å². The number of nitrogens with one attached hydrogen (secondary N) is 2. The molecule has 4 nitrogen and oxygen atoms in total. The minimum atomic E-state index is -4.69. The summed E-state index contributed by atoms with van der Waals surface area (Å²) in [4.78, 5) is 12.4. The van der Waals surface area contributed by atoms with E-state index in [1.807, 2.05) is 0 Å². The monoisotopic (exact) mass is 446 g/mol. The number of anilines is 2. The molecule has 156 valence electrons. The van der Waals surface area contributed by atoms with Crippen LogP contribution in [0.15, 0.2) is 36.4 Å². The summed E-state index contributed by atoms with van der Waals surface area (Å²) in [7, 11) is 0. The quantitative estimate of drug-likeness (QED) is 0.599. The number of halogens is 5. The molecule has 0 unspecified atom stereocenters. The van der Waals surface area contributed by atoms with Crippen LogP contribution in [0.1, 0.15) is 28.8 Å². The summed E-state index contributed by atoms with van der Waals surface area (Å²) in [6.07, 6.45) is -3.14. The van der Waals surface area contributed by atoms with Gasteiger partial charge in [0, 0.05) is 30.5 Å². The first-order valence-electron chi connectivity index (χ1n) is 9.03. The van der Waals surface area contributed by atoms with Crippen molar-refractivity contribution in [3.05, 3.63) is 57.6 Å². The molecule has 0 aliphatic carbocycles. The van der Waals surface area contributed by atoms with E-state index < -0.39 is 23.2 Å². The molecule has 2 N–H and O–H groups in total. The Bertz CT molecular complexity index is 885. The van der Waals surface area contributed by atoms with Crippen molar-refractivity contribution < 1.29 is 22.7 Å². The van der Waals surface area contributed by atoms with Crippen molar-refractivity contribution in [3.8, 4) is 0 Å². The Balaban J connectivity index is 1.79. The van der Waals surface area contributed by atoms with Gasteiger partial charge < -0.3 is 15.4 Å². The van der Waals surface area contributed by atoms with Crippen molar-refractivity contribution in [1.29, 1.82) is 0 Å². The number of benzene rings is 2. The zero-order valence-corrected chi connectivity index (χ0v) is 16.8. The zero-order chi connectivity index (χ0) is 21.0. The Hall–Kier alpha value is -1.96. The molecule has 1 fully saturated rings. The molecule has 29 heavy (non-hydrogen) atoms. The van der Waals surface area contributed by atoms with Crippen LogP contribution in [0, 0.1) is 5.92 Å². The van der Waals surface area contributed by atoms with E-state index in [9.17, 15) is 18.0 Å². The lowest BCUT2D eigenvalue weighted by Gasteiger charge is -2.22. The second kappa shape index (κ2) is 9.24. The summed E-state index contributed by atoms with van der Waals surface area (Å²) in [6, 6.07) is 8.07. The molecule has 0 saturated carbocycles. The molecule has 0 spiro atoms. The van der Waals surface area contributed by atoms with Crippen molar-refractivity contribution >= 4 is 40.5 Å². The van der Waals surface area contributed by atoms with Gasteiger partial charge in [0.15, 0.2) is 0 Å². The molecule has 0 bridgehead atoms. The Morgan fingerprint density at radius 1 is 1.10 bits per heavy atom. The standard InChI is InChI=1S/C20H19Cl2F3N2O2/c21-13-1-4-18(17(22)9-13)27-14-2-3-15(16(10-14)20(23,24)25)19(28)26-11-12-5-7-29-8-6-12/h1-4,9-10,12,27H,5-8,11H2,(H,26,28). The maximum absolute atomic E-state index is 13.6. The predicted octanol–water partition coefficient (Wildman–Crippen LogP) is 5.91. The maximum Gasteiger partial charge on any atom is 0.417 e. The first-order valence-corrected chi connectivity index (χ1v) is 9.79. The van der Waals surface area contributed by atoms with Gasteiger partial charge in [-0.25, -0.2) is 0 Å². The van der Waals surface area contributed by atoms with Gasteiger partial charge in [0.2, 0.25) is 0 Å². The van der Waals surface area contributed by atoms with Crippen molar-refractivity contribution in [1.82, 2.24) is 5.32 Å². The van der Waals surface area contributed by atoms with Crippen molar-refractivity contribution in [2.75, 3.05) is 25.1 Å². The molecule has 0 aromatic heterocycles. The SMILES string of the molecule is O=C(NCC1CCOCC1)c1ccc(Nc2ccc(Cl)cc2Cl)cc1C(F)(F)F. The molecular formula is C20H19Cl2F3N2O2. The summed E-state index contributed by atoms with van der Waals surface area (Å²) in [6.45, 7) is 1.52. The molecule has 9 heteroatoms. The van der Waals surface area contributed by atoms with Gasteiger partial charge in [-0.05, 0) is 55.2 Å². The minimum Gasteiger partial charge on any atom is -0.381 e. The van der Waals surface area contributed by atoms with E-state index in [1.54, 1.807) is 12.1 Å². The normalized spacial score (nSPS) is 15.2. The third kappa shape index (κ3) is 5.78. The molecule has 1 heterocycles. The molecule has 0 radical (unpaired) electrons. The Labute approximate surface area is 176 Å². The first-order chi connectivity index (χ1) is 13.7. The summed E-state index contributed by atoms with van der Waals surface area (Å²) >= 11 is 11.9. The summed E-state index contributed by atoms with van der Waals surface area (Å²) < 4.78 is 46.0. The fraction of sp³-hybridized carbons (Fsp3) is 0.350. The second-order valence-electron chi connectivity index (χ2n) is 6.77. The van der Waals surface area contributed by atoms with Gasteiger partial charge in [-0.1, -0.05) is 23.2 Å². The highest BCUT2D eigenvalue weighted by Gasteiger charge is 2.35. The summed E-state index contributed by atoms with van der Waals surface area (Å²) in [5.74, 6) is -0.546. The number of carbonyl (C=O) groups excluding carboxylic acids is 1.